The first-order valence-corrected chi connectivity index (χ1v) is 24.8. The van der Waals surface area contributed by atoms with Crippen LogP contribution >= 0.6 is 0 Å². The molecule has 4 saturated heterocycles. The minimum Gasteiger partial charge on any atom is -0.508 e. The third-order valence-electron chi connectivity index (χ3n) is 14.1. The van der Waals surface area contributed by atoms with E-state index < -0.39 is 5.82 Å². The zero-order valence-electron chi connectivity index (χ0n) is 40.2. The molecule has 10 rings (SSSR count). The fourth-order valence-corrected chi connectivity index (χ4v) is 10.2. The maximum atomic E-state index is 13.9. The third kappa shape index (κ3) is 13.0. The predicted molar refractivity (Wildman–Crippen MR) is 272 cm³/mol. The van der Waals surface area contributed by atoms with Gasteiger partial charge in [-0.25, -0.2) is 13.2 Å². The maximum Gasteiger partial charge on any atom is 0.256 e. The molecular formula is C58H59F3N6O5. The summed E-state index contributed by atoms with van der Waals surface area (Å²) in [6.45, 7) is 7.07. The Kier molecular flexibility index (Phi) is 15.8. The molecular weight excluding hydrogens is 918 g/mol. The average molecular weight is 977 g/mol. The van der Waals surface area contributed by atoms with E-state index in [9.17, 15) is 37.5 Å². The van der Waals surface area contributed by atoms with Crippen LogP contribution in [-0.2, 0) is 22.7 Å². The minimum absolute atomic E-state index is 0.0527. The Morgan fingerprint density at radius 3 is 1.46 bits per heavy atom. The second-order valence-corrected chi connectivity index (χ2v) is 19.3. The molecule has 11 nitrogen and oxygen atoms in total. The summed E-state index contributed by atoms with van der Waals surface area (Å²) in [5, 5.41) is 19.5. The van der Waals surface area contributed by atoms with Crippen LogP contribution in [0, 0.1) is 17.5 Å². The quantitative estimate of drug-likeness (QED) is 0.117. The lowest BCUT2D eigenvalue weighted by Gasteiger charge is -2.28. The molecule has 6 aromatic carbocycles. The van der Waals surface area contributed by atoms with Gasteiger partial charge in [-0.05, 0) is 144 Å². The Bertz CT molecular complexity index is 3010. The summed E-state index contributed by atoms with van der Waals surface area (Å²) in [7, 11) is 0. The number of fused-ring (bicyclic) bond motifs is 2. The molecule has 4 heterocycles. The molecule has 0 aliphatic carbocycles. The number of nitrogens with zero attached hydrogens (tertiary/aromatic N) is 4. The smallest absolute Gasteiger partial charge is 0.256 e. The summed E-state index contributed by atoms with van der Waals surface area (Å²) in [5.74, 6) is -1.35. The molecule has 0 aromatic heterocycles. The maximum absolute atomic E-state index is 13.9. The first-order chi connectivity index (χ1) is 34.9. The van der Waals surface area contributed by atoms with Crippen LogP contribution in [0.4, 0.5) is 13.2 Å². The largest absolute Gasteiger partial charge is 0.508 e. The number of amides is 4. The van der Waals surface area contributed by atoms with Gasteiger partial charge in [-0.1, -0.05) is 59.7 Å². The molecule has 4 fully saturated rings. The van der Waals surface area contributed by atoms with E-state index in [2.05, 4.69) is 32.6 Å². The van der Waals surface area contributed by atoms with E-state index in [1.165, 1.54) is 47.5 Å². The highest BCUT2D eigenvalue weighted by molar-refractivity contribution is 5.95. The Morgan fingerprint density at radius 1 is 0.528 bits per heavy atom. The highest BCUT2D eigenvalue weighted by Crippen LogP contribution is 2.25. The van der Waals surface area contributed by atoms with Gasteiger partial charge in [0.15, 0.2) is 0 Å². The van der Waals surface area contributed by atoms with Crippen LogP contribution in [0.25, 0.3) is 21.5 Å². The molecule has 0 bridgehead atoms. The molecule has 0 spiro atoms. The summed E-state index contributed by atoms with van der Waals surface area (Å²) in [6, 6.07) is 34.3. The van der Waals surface area contributed by atoms with Crippen molar-refractivity contribution in [3.8, 4) is 5.75 Å². The summed E-state index contributed by atoms with van der Waals surface area (Å²) in [5.41, 5.74) is 5.06. The molecule has 4 amide bonds. The number of rotatable bonds is 10. The van der Waals surface area contributed by atoms with Crippen LogP contribution < -0.4 is 10.6 Å². The van der Waals surface area contributed by atoms with Gasteiger partial charge in [-0.3, -0.25) is 29.0 Å². The first kappa shape index (κ1) is 49.7. The normalized spacial score (nSPS) is 18.4. The molecule has 2 unspecified atom stereocenters. The molecule has 4 aliphatic rings. The van der Waals surface area contributed by atoms with E-state index >= 15 is 0 Å². The fourth-order valence-electron chi connectivity index (χ4n) is 10.2. The molecule has 0 saturated carbocycles. The highest BCUT2D eigenvalue weighted by atomic mass is 19.1. The number of aromatic hydroxyl groups is 1. The number of carbonyl (C=O) groups is 4. The van der Waals surface area contributed by atoms with Crippen LogP contribution in [0.3, 0.4) is 0 Å². The Morgan fingerprint density at radius 2 is 0.972 bits per heavy atom. The number of phenolic OH excluding ortho intramolecular Hbond substituents is 1. The van der Waals surface area contributed by atoms with E-state index in [-0.39, 0.29) is 58.7 Å². The molecule has 72 heavy (non-hydrogen) atoms. The standard InChI is InChI=1S/C29H29F2N3O2.C29H30FN3O3/c30-24-8-7-22-15-21(5-6-23(22)17-24)18-33-12-11-25(19-33)32-28(35)16-20-9-13-34(14-10-20)29(36)26-3-1-2-4-27(26)31;30-25-6-3-23-15-21(1-2-24(23)17-25)18-32-12-11-26(19-32)31-28(35)16-20-9-13-33(14-10-20)29(36)22-4-7-27(34)8-5-22/h1-8,15-17,25H,9-14,18-19H2,(H,32,35);1-8,15-17,26,34H,9-14,18-19H2,(H,31,35). The van der Waals surface area contributed by atoms with Crippen LogP contribution in [0.2, 0.25) is 0 Å². The van der Waals surface area contributed by atoms with Crippen LogP contribution in [-0.4, -0.2) is 113 Å². The van der Waals surface area contributed by atoms with Gasteiger partial charge >= 0.3 is 0 Å². The van der Waals surface area contributed by atoms with Crippen molar-refractivity contribution in [2.75, 3.05) is 52.4 Å². The lowest BCUT2D eigenvalue weighted by Crippen LogP contribution is -2.38. The zero-order chi connectivity index (χ0) is 50.1. The molecule has 372 valence electrons. The van der Waals surface area contributed by atoms with Gasteiger partial charge in [0, 0.05) is 95.2 Å². The number of hydrogen-bond donors (Lipinski definition) is 3. The highest BCUT2D eigenvalue weighted by Gasteiger charge is 2.27. The van der Waals surface area contributed by atoms with Gasteiger partial charge in [0.25, 0.3) is 11.8 Å². The average Bonchev–Trinajstić information content (AvgIpc) is 4.02. The summed E-state index contributed by atoms with van der Waals surface area (Å²) in [4.78, 5) is 58.6. The van der Waals surface area contributed by atoms with E-state index in [0.29, 0.717) is 57.4 Å². The summed E-state index contributed by atoms with van der Waals surface area (Å²) in [6.07, 6.45) is 7.73. The molecule has 3 N–H and O–H groups in total. The van der Waals surface area contributed by atoms with Crippen molar-refractivity contribution >= 4 is 45.2 Å². The number of carbonyl (C=O) groups excluding carboxylic acids is 4. The Hall–Kier alpha value is -7.29. The van der Waals surface area contributed by atoms with Gasteiger partial charge in [-0.15, -0.1) is 0 Å². The summed E-state index contributed by atoms with van der Waals surface area (Å²) >= 11 is 0. The van der Waals surface area contributed by atoms with Crippen molar-refractivity contribution in [2.45, 2.75) is 63.7 Å². The lowest BCUT2D eigenvalue weighted by molar-refractivity contribution is -0.118. The Labute approximate surface area is 417 Å². The van der Waals surface area contributed by atoms with Gasteiger partial charge in [0.2, 0.25) is 11.8 Å². The van der Waals surface area contributed by atoms with E-state index in [1.807, 2.05) is 30.3 Å². The summed E-state index contributed by atoms with van der Waals surface area (Å²) < 4.78 is 40.8. The van der Waals surface area contributed by atoms with Gasteiger partial charge in [0.1, 0.15) is 23.2 Å². The van der Waals surface area contributed by atoms with E-state index in [1.54, 1.807) is 64.4 Å². The van der Waals surface area contributed by atoms with Crippen molar-refractivity contribution in [1.29, 1.82) is 0 Å². The molecule has 2 atom stereocenters. The van der Waals surface area contributed by atoms with E-state index in [4.69, 9.17) is 0 Å². The second-order valence-electron chi connectivity index (χ2n) is 19.3. The number of piperidine rings is 2. The van der Waals surface area contributed by atoms with Gasteiger partial charge in [0.05, 0.1) is 5.56 Å². The van der Waals surface area contributed by atoms with Crippen LogP contribution in [0.1, 0.15) is 70.4 Å². The molecule has 0 radical (unpaired) electrons. The number of benzene rings is 6. The third-order valence-corrected chi connectivity index (χ3v) is 14.1. The number of likely N-dealkylation sites (tertiary alicyclic amines) is 4. The number of nitrogens with one attached hydrogen (secondary N) is 2. The SMILES string of the molecule is O=C(C=C1CCN(C(=O)c2ccc(O)cc2)CC1)NC1CCN(Cc2ccc3cc(F)ccc3c2)C1.O=C(C=C1CCN(C(=O)c2ccccc2F)CC1)NC1CCN(Cc2ccc3cc(F)ccc3c2)C1. The van der Waals surface area contributed by atoms with Gasteiger partial charge in [-0.2, -0.15) is 0 Å². The zero-order valence-corrected chi connectivity index (χ0v) is 40.2. The van der Waals surface area contributed by atoms with Crippen LogP contribution in [0.5, 0.6) is 5.75 Å². The van der Waals surface area contributed by atoms with Crippen molar-refractivity contribution < 1.29 is 37.5 Å². The van der Waals surface area contributed by atoms with Gasteiger partial charge < -0.3 is 25.5 Å². The lowest BCUT2D eigenvalue weighted by atomic mass is 10.0. The molecule has 4 aliphatic heterocycles. The first-order valence-electron chi connectivity index (χ1n) is 24.8. The number of phenols is 1. The number of halogens is 3. The van der Waals surface area contributed by atoms with Crippen molar-refractivity contribution in [3.05, 3.63) is 184 Å². The number of hydrogen-bond acceptors (Lipinski definition) is 7. The minimum atomic E-state index is -0.509. The predicted octanol–water partition coefficient (Wildman–Crippen LogP) is 8.91. The monoisotopic (exact) mass is 976 g/mol. The fraction of sp³-hybridized carbons (Fsp3) is 0.310. The van der Waals surface area contributed by atoms with Crippen molar-refractivity contribution in [2.24, 2.45) is 0 Å². The molecule has 6 aromatic rings. The van der Waals surface area contributed by atoms with Crippen molar-refractivity contribution in [1.82, 2.24) is 30.2 Å². The van der Waals surface area contributed by atoms with Crippen molar-refractivity contribution in [3.63, 3.8) is 0 Å². The van der Waals surface area contributed by atoms with E-state index in [0.717, 1.165) is 84.8 Å². The molecule has 14 heteroatoms. The Balaban J connectivity index is 0.000000178. The topological polar surface area (TPSA) is 126 Å². The van der Waals surface area contributed by atoms with Crippen LogP contribution in [0.15, 0.2) is 145 Å². The second kappa shape index (κ2) is 22.9.